The average molecular weight is 1150 g/mol. The van der Waals surface area contributed by atoms with Crippen LogP contribution < -0.4 is 0 Å². The van der Waals surface area contributed by atoms with E-state index in [1.807, 2.05) is 0 Å². The molecule has 1 unspecified atom stereocenters. The van der Waals surface area contributed by atoms with E-state index in [9.17, 15) is 14.4 Å². The molecule has 0 rings (SSSR count). The van der Waals surface area contributed by atoms with Gasteiger partial charge in [-0.05, 0) is 116 Å². The van der Waals surface area contributed by atoms with Crippen LogP contribution in [0, 0.1) is 0 Å². The molecule has 0 N–H and O–H groups in total. The van der Waals surface area contributed by atoms with Gasteiger partial charge < -0.3 is 14.2 Å². The SMILES string of the molecule is CC/C=C\C/C=C\C/C=C\C/C=C\C/C=C\C/C=C\C/C=C\CCCCCC(=O)OCC(COC(=O)CCCCCCCCCCCCCCCCCCC)OC(=O)CCCCCCCCCCCC/C=C\C/C=C\C/C=C\C/C=C\CC. The lowest BCUT2D eigenvalue weighted by molar-refractivity contribution is -0.167. The maximum Gasteiger partial charge on any atom is 0.306 e. The lowest BCUT2D eigenvalue weighted by Gasteiger charge is -2.18. The predicted octanol–water partition coefficient (Wildman–Crippen LogP) is 24.1. The Hall–Kier alpha value is -4.45. The molecule has 83 heavy (non-hydrogen) atoms. The predicted molar refractivity (Wildman–Crippen MR) is 362 cm³/mol. The summed E-state index contributed by atoms with van der Waals surface area (Å²) in [4.78, 5) is 38.5. The quantitative estimate of drug-likeness (QED) is 0.0261. The van der Waals surface area contributed by atoms with Crippen molar-refractivity contribution in [3.05, 3.63) is 134 Å². The summed E-state index contributed by atoms with van der Waals surface area (Å²) in [5.41, 5.74) is 0. The molecule has 0 aromatic heterocycles. The Morgan fingerprint density at radius 1 is 0.253 bits per heavy atom. The van der Waals surface area contributed by atoms with Gasteiger partial charge in [0.1, 0.15) is 13.2 Å². The number of ether oxygens (including phenoxy) is 3. The molecule has 0 heterocycles. The number of carbonyl (C=O) groups is 3. The van der Waals surface area contributed by atoms with Gasteiger partial charge in [0.15, 0.2) is 6.10 Å². The van der Waals surface area contributed by atoms with Crippen LogP contribution in [0.5, 0.6) is 0 Å². The van der Waals surface area contributed by atoms with Crippen molar-refractivity contribution in [3.8, 4) is 0 Å². The lowest BCUT2D eigenvalue weighted by atomic mass is 10.0. The van der Waals surface area contributed by atoms with E-state index < -0.39 is 6.10 Å². The molecular weight excluding hydrogens is 1020 g/mol. The lowest BCUT2D eigenvalue weighted by Crippen LogP contribution is -2.30. The Bertz CT molecular complexity index is 1750. The summed E-state index contributed by atoms with van der Waals surface area (Å²) in [6, 6.07) is 0. The number of carbonyl (C=O) groups excluding carboxylic acids is 3. The third-order valence-corrected chi connectivity index (χ3v) is 14.7. The summed E-state index contributed by atoms with van der Waals surface area (Å²) in [6.07, 6.45) is 98.9. The van der Waals surface area contributed by atoms with Crippen LogP contribution in [0.3, 0.4) is 0 Å². The van der Waals surface area contributed by atoms with Gasteiger partial charge in [-0.2, -0.15) is 0 Å². The fourth-order valence-electron chi connectivity index (χ4n) is 9.53. The molecule has 0 aliphatic carbocycles. The maximum absolute atomic E-state index is 13.0. The number of esters is 3. The highest BCUT2D eigenvalue weighted by Gasteiger charge is 2.19. The normalized spacial score (nSPS) is 13.0. The summed E-state index contributed by atoms with van der Waals surface area (Å²) >= 11 is 0. The number of unbranched alkanes of at least 4 members (excludes halogenated alkanes) is 29. The van der Waals surface area contributed by atoms with Crippen LogP contribution in [0.15, 0.2) is 134 Å². The van der Waals surface area contributed by atoms with Gasteiger partial charge in [-0.3, -0.25) is 14.4 Å². The molecule has 0 saturated heterocycles. The fourth-order valence-corrected chi connectivity index (χ4v) is 9.53. The molecule has 0 spiro atoms. The van der Waals surface area contributed by atoms with Gasteiger partial charge in [0.25, 0.3) is 0 Å². The van der Waals surface area contributed by atoms with E-state index in [4.69, 9.17) is 14.2 Å². The van der Waals surface area contributed by atoms with Crippen molar-refractivity contribution >= 4 is 17.9 Å². The van der Waals surface area contributed by atoms with Crippen LogP contribution in [-0.2, 0) is 28.6 Å². The summed E-state index contributed by atoms with van der Waals surface area (Å²) < 4.78 is 17.0. The molecule has 0 aromatic carbocycles. The van der Waals surface area contributed by atoms with Gasteiger partial charge >= 0.3 is 17.9 Å². The number of hydrogen-bond acceptors (Lipinski definition) is 6. The minimum Gasteiger partial charge on any atom is -0.462 e. The van der Waals surface area contributed by atoms with Gasteiger partial charge in [-0.15, -0.1) is 0 Å². The third-order valence-electron chi connectivity index (χ3n) is 14.7. The molecule has 6 heteroatoms. The van der Waals surface area contributed by atoms with Crippen molar-refractivity contribution < 1.29 is 28.6 Å². The Morgan fingerprint density at radius 2 is 0.470 bits per heavy atom. The van der Waals surface area contributed by atoms with Crippen LogP contribution in [0.25, 0.3) is 0 Å². The Morgan fingerprint density at radius 3 is 0.747 bits per heavy atom. The van der Waals surface area contributed by atoms with E-state index in [1.165, 1.54) is 141 Å². The smallest absolute Gasteiger partial charge is 0.306 e. The van der Waals surface area contributed by atoms with E-state index >= 15 is 0 Å². The van der Waals surface area contributed by atoms with Gasteiger partial charge in [-0.25, -0.2) is 0 Å². The zero-order chi connectivity index (χ0) is 59.9. The first kappa shape index (κ1) is 78.5. The first-order valence-corrected chi connectivity index (χ1v) is 34.7. The van der Waals surface area contributed by atoms with Gasteiger partial charge in [-0.1, -0.05) is 315 Å². The third kappa shape index (κ3) is 68.2. The second-order valence-corrected chi connectivity index (χ2v) is 22.7. The zero-order valence-corrected chi connectivity index (χ0v) is 54.2. The molecule has 0 saturated carbocycles. The zero-order valence-electron chi connectivity index (χ0n) is 54.2. The second kappa shape index (κ2) is 70.0. The van der Waals surface area contributed by atoms with Crippen LogP contribution in [0.2, 0.25) is 0 Å². The standard InChI is InChI=1S/C77H128O6/c1-4-7-10-13-16-19-22-25-28-31-33-35-37-38-40-41-43-46-49-52-55-58-61-64-67-70-76(79)82-73-74(72-81-75(78)69-66-63-60-57-54-51-48-45-30-27-24-21-18-15-12-9-6-3)83-77(80)71-68-65-62-59-56-53-50-47-44-42-39-36-34-32-29-26-23-20-17-14-11-8-5-2/h7-8,10-11,16-17,19-20,25-26,28-29,33-36,38,40,43,46,52,55,74H,4-6,9,12-15,18,21-24,27,30-32,37,39,41-42,44-45,47-51,53-54,56-73H2,1-3H3/b10-7-,11-8-,19-16-,20-17-,28-25-,29-26-,35-33-,36-34-,40-38-,46-43-,55-52-. The highest BCUT2D eigenvalue weighted by molar-refractivity contribution is 5.71. The van der Waals surface area contributed by atoms with Crippen molar-refractivity contribution in [1.29, 1.82) is 0 Å². The van der Waals surface area contributed by atoms with Crippen molar-refractivity contribution in [2.24, 2.45) is 0 Å². The summed E-state index contributed by atoms with van der Waals surface area (Å²) in [6.45, 7) is 6.42. The molecule has 1 atom stereocenters. The first-order valence-electron chi connectivity index (χ1n) is 34.7. The molecular formula is C77H128O6. The molecule has 0 radical (unpaired) electrons. The van der Waals surface area contributed by atoms with Crippen molar-refractivity contribution in [3.63, 3.8) is 0 Å². The number of hydrogen-bond donors (Lipinski definition) is 0. The van der Waals surface area contributed by atoms with Crippen LogP contribution in [0.1, 0.15) is 316 Å². The van der Waals surface area contributed by atoms with E-state index in [0.717, 1.165) is 135 Å². The molecule has 0 fully saturated rings. The number of rotatable bonds is 62. The van der Waals surface area contributed by atoms with Crippen LogP contribution in [-0.4, -0.2) is 37.2 Å². The fraction of sp³-hybridized carbons (Fsp3) is 0.675. The number of allylic oxidation sites excluding steroid dienone is 22. The second-order valence-electron chi connectivity index (χ2n) is 22.7. The molecule has 6 nitrogen and oxygen atoms in total. The van der Waals surface area contributed by atoms with Crippen molar-refractivity contribution in [2.45, 2.75) is 322 Å². The Kier molecular flexibility index (Phi) is 66.3. The van der Waals surface area contributed by atoms with Gasteiger partial charge in [0, 0.05) is 19.3 Å². The maximum atomic E-state index is 13.0. The van der Waals surface area contributed by atoms with Crippen LogP contribution >= 0.6 is 0 Å². The summed E-state index contributed by atoms with van der Waals surface area (Å²) in [5.74, 6) is -0.920. The summed E-state index contributed by atoms with van der Waals surface area (Å²) in [7, 11) is 0. The Balaban J connectivity index is 4.45. The van der Waals surface area contributed by atoms with E-state index in [1.54, 1.807) is 0 Å². The molecule has 472 valence electrons. The summed E-state index contributed by atoms with van der Waals surface area (Å²) in [5, 5.41) is 0. The monoisotopic (exact) mass is 1150 g/mol. The van der Waals surface area contributed by atoms with Crippen LogP contribution in [0.4, 0.5) is 0 Å². The topological polar surface area (TPSA) is 78.9 Å². The molecule has 0 aliphatic heterocycles. The molecule has 0 aliphatic rings. The Labute approximate surface area is 513 Å². The minimum atomic E-state index is -0.800. The van der Waals surface area contributed by atoms with E-state index in [0.29, 0.717) is 19.3 Å². The molecule has 0 amide bonds. The first-order chi connectivity index (χ1) is 41.0. The highest BCUT2D eigenvalue weighted by atomic mass is 16.6. The van der Waals surface area contributed by atoms with Gasteiger partial charge in [0.2, 0.25) is 0 Å². The average Bonchev–Trinajstić information content (AvgIpc) is 3.49. The highest BCUT2D eigenvalue weighted by Crippen LogP contribution is 2.17. The largest absolute Gasteiger partial charge is 0.462 e. The van der Waals surface area contributed by atoms with Crippen molar-refractivity contribution in [2.75, 3.05) is 13.2 Å². The van der Waals surface area contributed by atoms with E-state index in [2.05, 4.69) is 154 Å². The van der Waals surface area contributed by atoms with Crippen molar-refractivity contribution in [1.82, 2.24) is 0 Å². The minimum absolute atomic E-state index is 0.0911. The molecule has 0 aromatic rings. The molecule has 0 bridgehead atoms. The van der Waals surface area contributed by atoms with E-state index in [-0.39, 0.29) is 31.1 Å². The van der Waals surface area contributed by atoms with Gasteiger partial charge in [0.05, 0.1) is 0 Å².